The first-order chi connectivity index (χ1) is 11.0. The van der Waals surface area contributed by atoms with Crippen LogP contribution in [0.4, 0.5) is 0 Å². The van der Waals surface area contributed by atoms with Crippen molar-refractivity contribution in [3.8, 4) is 0 Å². The third-order valence-electron chi connectivity index (χ3n) is 3.48. The normalized spacial score (nSPS) is 11.7. The van der Waals surface area contributed by atoms with Crippen molar-refractivity contribution in [3.63, 3.8) is 0 Å². The van der Waals surface area contributed by atoms with E-state index in [-0.39, 0.29) is 29.7 Å². The highest BCUT2D eigenvalue weighted by atomic mass is 127. The molecule has 0 atom stereocenters. The molecule has 0 aromatic heterocycles. The summed E-state index contributed by atoms with van der Waals surface area (Å²) in [7, 11) is -1.20. The average molecular weight is 467 g/mol. The van der Waals surface area contributed by atoms with E-state index in [0.29, 0.717) is 17.9 Å². The molecular weight excluding hydrogens is 437 g/mol. The fraction of sp³-hybridized carbons (Fsp3) is 0.588. The van der Waals surface area contributed by atoms with Crippen LogP contribution in [0.3, 0.4) is 0 Å². The molecule has 0 aliphatic heterocycles. The van der Waals surface area contributed by atoms with Crippen molar-refractivity contribution >= 4 is 39.8 Å². The highest BCUT2D eigenvalue weighted by Gasteiger charge is 2.13. The van der Waals surface area contributed by atoms with Gasteiger partial charge in [-0.3, -0.25) is 4.99 Å². The summed E-state index contributed by atoms with van der Waals surface area (Å²) >= 11 is 0. The van der Waals surface area contributed by atoms with Crippen molar-refractivity contribution in [3.05, 3.63) is 30.3 Å². The van der Waals surface area contributed by atoms with E-state index < -0.39 is 9.84 Å². The van der Waals surface area contributed by atoms with Gasteiger partial charge in [0.1, 0.15) is 0 Å². The predicted octanol–water partition coefficient (Wildman–Crippen LogP) is 3.17. The van der Waals surface area contributed by atoms with Gasteiger partial charge < -0.3 is 10.2 Å². The van der Waals surface area contributed by atoms with Gasteiger partial charge in [0.25, 0.3) is 0 Å². The Bertz CT molecular complexity index is 577. The maximum atomic E-state index is 12.2. The molecule has 24 heavy (non-hydrogen) atoms. The van der Waals surface area contributed by atoms with E-state index in [1.165, 1.54) is 0 Å². The standard InChI is InChI=1S/C17H29N3O2S.HI/c1-4-6-14-20(3)17(18-5-2)19-13-10-15-23(21,22)16-11-8-7-9-12-16;/h7-9,11-12H,4-6,10,13-15H2,1-3H3,(H,18,19);1H. The number of guanidine groups is 1. The fourth-order valence-electron chi connectivity index (χ4n) is 2.16. The Morgan fingerprint density at radius 1 is 1.17 bits per heavy atom. The zero-order chi connectivity index (χ0) is 17.1. The van der Waals surface area contributed by atoms with Gasteiger partial charge in [-0.25, -0.2) is 8.42 Å². The van der Waals surface area contributed by atoms with Crippen molar-refractivity contribution in [1.29, 1.82) is 0 Å². The van der Waals surface area contributed by atoms with Crippen LogP contribution in [-0.4, -0.2) is 51.7 Å². The number of unbranched alkanes of at least 4 members (excludes halogenated alkanes) is 1. The lowest BCUT2D eigenvalue weighted by Gasteiger charge is -2.21. The number of hydrogen-bond donors (Lipinski definition) is 1. The molecule has 1 aromatic carbocycles. The Balaban J connectivity index is 0.00000529. The van der Waals surface area contributed by atoms with Gasteiger partial charge in [0.2, 0.25) is 0 Å². The minimum atomic E-state index is -3.21. The van der Waals surface area contributed by atoms with Gasteiger partial charge in [0.05, 0.1) is 10.6 Å². The number of halogens is 1. The molecule has 1 N–H and O–H groups in total. The molecule has 0 amide bonds. The van der Waals surface area contributed by atoms with Gasteiger partial charge in [-0.2, -0.15) is 0 Å². The van der Waals surface area contributed by atoms with Gasteiger partial charge in [-0.05, 0) is 31.9 Å². The predicted molar refractivity (Wildman–Crippen MR) is 112 cm³/mol. The van der Waals surface area contributed by atoms with Gasteiger partial charge in [0, 0.05) is 26.7 Å². The second-order valence-corrected chi connectivity index (χ2v) is 7.61. The summed E-state index contributed by atoms with van der Waals surface area (Å²) in [5, 5.41) is 3.25. The Hall–Kier alpha value is -0.830. The summed E-state index contributed by atoms with van der Waals surface area (Å²) in [6.45, 7) is 6.45. The first-order valence-corrected chi connectivity index (χ1v) is 9.93. The summed E-state index contributed by atoms with van der Waals surface area (Å²) in [5.41, 5.74) is 0. The number of rotatable bonds is 9. The van der Waals surface area contributed by atoms with Crippen LogP contribution in [0.25, 0.3) is 0 Å². The van der Waals surface area contributed by atoms with Crippen LogP contribution in [0.5, 0.6) is 0 Å². The number of nitrogens with zero attached hydrogens (tertiary/aromatic N) is 2. The third-order valence-corrected chi connectivity index (χ3v) is 5.30. The number of benzene rings is 1. The van der Waals surface area contributed by atoms with E-state index in [2.05, 4.69) is 22.1 Å². The van der Waals surface area contributed by atoms with Crippen LogP contribution in [-0.2, 0) is 9.84 Å². The largest absolute Gasteiger partial charge is 0.357 e. The van der Waals surface area contributed by atoms with Crippen molar-refractivity contribution < 1.29 is 8.42 Å². The minimum Gasteiger partial charge on any atom is -0.357 e. The van der Waals surface area contributed by atoms with E-state index in [9.17, 15) is 8.42 Å². The van der Waals surface area contributed by atoms with Gasteiger partial charge in [0.15, 0.2) is 15.8 Å². The summed E-state index contributed by atoms with van der Waals surface area (Å²) in [4.78, 5) is 7.01. The van der Waals surface area contributed by atoms with Crippen LogP contribution < -0.4 is 5.32 Å². The molecule has 5 nitrogen and oxygen atoms in total. The molecule has 7 heteroatoms. The molecule has 0 aliphatic rings. The summed E-state index contributed by atoms with van der Waals surface area (Å²) in [5.74, 6) is 0.969. The Morgan fingerprint density at radius 3 is 2.42 bits per heavy atom. The molecule has 0 spiro atoms. The monoisotopic (exact) mass is 467 g/mol. The highest BCUT2D eigenvalue weighted by Crippen LogP contribution is 2.11. The van der Waals surface area contributed by atoms with Crippen LogP contribution in [0.15, 0.2) is 40.2 Å². The molecule has 0 heterocycles. The van der Waals surface area contributed by atoms with Crippen molar-refractivity contribution in [2.75, 3.05) is 32.4 Å². The van der Waals surface area contributed by atoms with Crippen molar-refractivity contribution in [2.45, 2.75) is 38.0 Å². The molecule has 0 saturated carbocycles. The Kier molecular flexibility index (Phi) is 12.1. The van der Waals surface area contributed by atoms with Crippen LogP contribution in [0.2, 0.25) is 0 Å². The highest BCUT2D eigenvalue weighted by molar-refractivity contribution is 14.0. The SMILES string of the molecule is CCCCN(C)C(=NCCCS(=O)(=O)c1ccccc1)NCC.I. The van der Waals surface area contributed by atoms with Crippen molar-refractivity contribution in [1.82, 2.24) is 10.2 Å². The Morgan fingerprint density at radius 2 is 1.83 bits per heavy atom. The molecule has 0 bridgehead atoms. The lowest BCUT2D eigenvalue weighted by atomic mass is 10.3. The quantitative estimate of drug-likeness (QED) is 0.262. The Labute approximate surface area is 163 Å². The molecule has 1 aromatic rings. The van der Waals surface area contributed by atoms with Gasteiger partial charge in [-0.15, -0.1) is 24.0 Å². The number of nitrogens with one attached hydrogen (secondary N) is 1. The van der Waals surface area contributed by atoms with E-state index in [4.69, 9.17) is 0 Å². The zero-order valence-corrected chi connectivity index (χ0v) is 18.0. The topological polar surface area (TPSA) is 61.8 Å². The maximum absolute atomic E-state index is 12.2. The van der Waals surface area contributed by atoms with Gasteiger partial charge >= 0.3 is 0 Å². The second-order valence-electron chi connectivity index (χ2n) is 5.50. The van der Waals surface area contributed by atoms with Crippen LogP contribution in [0, 0.1) is 0 Å². The van der Waals surface area contributed by atoms with E-state index in [1.807, 2.05) is 20.0 Å². The molecule has 0 unspecified atom stereocenters. The molecule has 0 fully saturated rings. The molecule has 0 saturated heterocycles. The molecular formula is C17H30IN3O2S. The molecule has 138 valence electrons. The van der Waals surface area contributed by atoms with Crippen molar-refractivity contribution in [2.24, 2.45) is 4.99 Å². The van der Waals surface area contributed by atoms with Crippen LogP contribution in [0.1, 0.15) is 33.1 Å². The van der Waals surface area contributed by atoms with Crippen LogP contribution >= 0.6 is 24.0 Å². The third kappa shape index (κ3) is 8.32. The van der Waals surface area contributed by atoms with E-state index >= 15 is 0 Å². The maximum Gasteiger partial charge on any atom is 0.193 e. The summed E-state index contributed by atoms with van der Waals surface area (Å²) < 4.78 is 24.4. The second kappa shape index (κ2) is 12.5. The number of hydrogen-bond acceptors (Lipinski definition) is 3. The first kappa shape index (κ1) is 23.2. The molecule has 1 rings (SSSR count). The zero-order valence-electron chi connectivity index (χ0n) is 14.9. The minimum absolute atomic E-state index is 0. The van der Waals surface area contributed by atoms with E-state index in [1.54, 1.807) is 24.3 Å². The number of aliphatic imine (C=N–C) groups is 1. The summed E-state index contributed by atoms with van der Waals surface area (Å²) in [6.07, 6.45) is 2.77. The number of sulfone groups is 1. The molecule has 0 radical (unpaired) electrons. The fourth-order valence-corrected chi connectivity index (χ4v) is 3.47. The molecule has 0 aliphatic carbocycles. The average Bonchev–Trinajstić information content (AvgIpc) is 2.56. The smallest absolute Gasteiger partial charge is 0.193 e. The first-order valence-electron chi connectivity index (χ1n) is 8.28. The lowest BCUT2D eigenvalue weighted by molar-refractivity contribution is 0.465. The summed E-state index contributed by atoms with van der Waals surface area (Å²) in [6, 6.07) is 8.59. The van der Waals surface area contributed by atoms with Gasteiger partial charge in [-0.1, -0.05) is 31.5 Å². The van der Waals surface area contributed by atoms with E-state index in [0.717, 1.165) is 31.9 Å². The lowest BCUT2D eigenvalue weighted by Crippen LogP contribution is -2.39.